The van der Waals surface area contributed by atoms with E-state index >= 15 is 0 Å². The van der Waals surface area contributed by atoms with Crippen LogP contribution in [0.1, 0.15) is 18.1 Å². The highest BCUT2D eigenvalue weighted by Gasteiger charge is 2.51. The van der Waals surface area contributed by atoms with Crippen LogP contribution >= 0.6 is 0 Å². The molecule has 3 aromatic rings. The lowest BCUT2D eigenvalue weighted by atomic mass is 9.80. The molecule has 0 spiro atoms. The summed E-state index contributed by atoms with van der Waals surface area (Å²) in [5.74, 6) is 0.824. The molecule has 2 aliphatic rings. The van der Waals surface area contributed by atoms with Crippen molar-refractivity contribution in [2.75, 3.05) is 13.7 Å². The van der Waals surface area contributed by atoms with Crippen molar-refractivity contribution in [2.45, 2.75) is 18.5 Å². The summed E-state index contributed by atoms with van der Waals surface area (Å²) in [4.78, 5) is 32.1. The maximum absolute atomic E-state index is 12.1. The Morgan fingerprint density at radius 3 is 2.50 bits per heavy atom. The summed E-state index contributed by atoms with van der Waals surface area (Å²) in [6.45, 7) is 2.22. The quantitative estimate of drug-likeness (QED) is 0.604. The summed E-state index contributed by atoms with van der Waals surface area (Å²) in [6, 6.07) is 15.4. The predicted octanol–water partition coefficient (Wildman–Crippen LogP) is 1.93. The van der Waals surface area contributed by atoms with Crippen molar-refractivity contribution >= 4 is 17.7 Å². The number of fused-ring (bicyclic) bond motifs is 1. The van der Waals surface area contributed by atoms with Crippen molar-refractivity contribution in [2.24, 2.45) is 27.4 Å². The minimum Gasteiger partial charge on any atom is -0.497 e. The first-order valence-corrected chi connectivity index (χ1v) is 10.9. The standard InChI is InChI=1S/C25H25N7O2/c1-15-21(22(26)33)13-32-23(30-15)25(31-24(32)27,18-6-8-20(34-2)9-7-18)19-5-3-4-16(10-19)17-11-28-14-29-12-17/h3-12,14-15,21H,13H2,1-2H3,(H2,26,33)(H2,27,31). The van der Waals surface area contributed by atoms with E-state index in [4.69, 9.17) is 26.2 Å². The van der Waals surface area contributed by atoms with E-state index < -0.39 is 17.4 Å². The monoisotopic (exact) mass is 455 g/mol. The molecule has 1 aromatic heterocycles. The Bertz CT molecular complexity index is 1290. The highest BCUT2D eigenvalue weighted by Crippen LogP contribution is 2.43. The van der Waals surface area contributed by atoms with E-state index in [0.29, 0.717) is 18.3 Å². The van der Waals surface area contributed by atoms with Crippen LogP contribution in [0.15, 0.2) is 77.2 Å². The lowest BCUT2D eigenvalue weighted by Crippen LogP contribution is -2.53. The summed E-state index contributed by atoms with van der Waals surface area (Å²) in [5.41, 5.74) is 14.7. The Morgan fingerprint density at radius 1 is 1.09 bits per heavy atom. The maximum Gasteiger partial charge on any atom is 0.224 e. The molecule has 0 radical (unpaired) electrons. The van der Waals surface area contributed by atoms with Gasteiger partial charge in [0.25, 0.3) is 0 Å². The number of nitrogens with two attached hydrogens (primary N) is 2. The molecule has 0 bridgehead atoms. The van der Waals surface area contributed by atoms with Crippen LogP contribution in [0.5, 0.6) is 5.75 Å². The van der Waals surface area contributed by atoms with Gasteiger partial charge in [-0.2, -0.15) is 0 Å². The first-order valence-electron chi connectivity index (χ1n) is 10.9. The van der Waals surface area contributed by atoms with E-state index in [2.05, 4.69) is 16.0 Å². The van der Waals surface area contributed by atoms with E-state index in [9.17, 15) is 4.79 Å². The van der Waals surface area contributed by atoms with Crippen LogP contribution in [0, 0.1) is 5.92 Å². The third kappa shape index (κ3) is 3.37. The van der Waals surface area contributed by atoms with Crippen LogP contribution in [-0.4, -0.2) is 52.3 Å². The fourth-order valence-electron chi connectivity index (χ4n) is 4.65. The van der Waals surface area contributed by atoms with Crippen LogP contribution in [0.3, 0.4) is 0 Å². The van der Waals surface area contributed by atoms with Crippen molar-refractivity contribution in [3.8, 4) is 16.9 Å². The number of amidine groups is 1. The molecule has 1 amide bonds. The van der Waals surface area contributed by atoms with E-state index in [1.54, 1.807) is 24.4 Å². The van der Waals surface area contributed by atoms with Crippen LogP contribution in [0.2, 0.25) is 0 Å². The second kappa shape index (κ2) is 8.26. The fourth-order valence-corrected chi connectivity index (χ4v) is 4.65. The molecule has 3 heterocycles. The van der Waals surface area contributed by atoms with Gasteiger partial charge in [0.2, 0.25) is 5.91 Å². The Labute approximate surface area is 197 Å². The second-order valence-corrected chi connectivity index (χ2v) is 8.43. The van der Waals surface area contributed by atoms with Gasteiger partial charge in [-0.1, -0.05) is 30.3 Å². The molecule has 9 heteroatoms. The van der Waals surface area contributed by atoms with Gasteiger partial charge in [0, 0.05) is 24.5 Å². The number of guanidine groups is 1. The highest BCUT2D eigenvalue weighted by molar-refractivity contribution is 6.12. The number of benzene rings is 2. The molecule has 34 heavy (non-hydrogen) atoms. The van der Waals surface area contributed by atoms with E-state index in [0.717, 1.165) is 28.0 Å². The Hall–Kier alpha value is -4.27. The summed E-state index contributed by atoms with van der Waals surface area (Å²) in [7, 11) is 1.63. The largest absolute Gasteiger partial charge is 0.497 e. The van der Waals surface area contributed by atoms with E-state index in [1.165, 1.54) is 6.33 Å². The Morgan fingerprint density at radius 2 is 1.82 bits per heavy atom. The number of carbonyl (C=O) groups is 1. The molecule has 3 atom stereocenters. The molecule has 5 rings (SSSR count). The third-order valence-corrected chi connectivity index (χ3v) is 6.47. The molecule has 0 saturated heterocycles. The Kier molecular flexibility index (Phi) is 5.24. The average Bonchev–Trinajstić information content (AvgIpc) is 3.16. The zero-order valence-electron chi connectivity index (χ0n) is 18.9. The Balaban J connectivity index is 1.74. The van der Waals surface area contributed by atoms with Gasteiger partial charge in [0.15, 0.2) is 11.5 Å². The summed E-state index contributed by atoms with van der Waals surface area (Å²) >= 11 is 0. The van der Waals surface area contributed by atoms with E-state index in [1.807, 2.05) is 49.4 Å². The van der Waals surface area contributed by atoms with Gasteiger partial charge < -0.3 is 16.2 Å². The molecule has 3 unspecified atom stereocenters. The number of aliphatic imine (C=N–C) groups is 2. The number of carbonyl (C=O) groups excluding carboxylic acids is 1. The van der Waals surface area contributed by atoms with Gasteiger partial charge in [-0.05, 0) is 41.8 Å². The number of hydrogen-bond donors (Lipinski definition) is 2. The van der Waals surface area contributed by atoms with Crippen molar-refractivity contribution in [1.29, 1.82) is 0 Å². The second-order valence-electron chi connectivity index (χ2n) is 8.43. The minimum absolute atomic E-state index is 0.293. The molecule has 172 valence electrons. The first kappa shape index (κ1) is 21.6. The maximum atomic E-state index is 12.1. The summed E-state index contributed by atoms with van der Waals surface area (Å²) in [6.07, 6.45) is 5.03. The molecule has 0 fully saturated rings. The zero-order valence-corrected chi connectivity index (χ0v) is 18.9. The summed E-state index contributed by atoms with van der Waals surface area (Å²) < 4.78 is 5.37. The SMILES string of the molecule is COc1ccc(C2(c3cccc(-c4cncnc4)c3)N=C(N)N3CC(C(N)=O)C(C)N=C32)cc1. The normalized spacial score (nSPS) is 23.6. The summed E-state index contributed by atoms with van der Waals surface area (Å²) in [5, 5.41) is 0. The molecule has 0 aliphatic carbocycles. The van der Waals surface area contributed by atoms with Gasteiger partial charge in [-0.25, -0.2) is 15.0 Å². The van der Waals surface area contributed by atoms with Crippen LogP contribution < -0.4 is 16.2 Å². The molecule has 2 aliphatic heterocycles. The van der Waals surface area contributed by atoms with Gasteiger partial charge in [0.1, 0.15) is 17.9 Å². The number of rotatable bonds is 5. The van der Waals surface area contributed by atoms with Crippen molar-refractivity contribution in [1.82, 2.24) is 14.9 Å². The van der Waals surface area contributed by atoms with Crippen molar-refractivity contribution in [3.05, 3.63) is 78.4 Å². The number of aromatic nitrogens is 2. The lowest BCUT2D eigenvalue weighted by Gasteiger charge is -2.37. The zero-order chi connectivity index (χ0) is 23.9. The number of methoxy groups -OCH3 is 1. The molecule has 2 aromatic carbocycles. The molecular formula is C25H25N7O2. The highest BCUT2D eigenvalue weighted by atomic mass is 16.5. The van der Waals surface area contributed by atoms with Crippen molar-refractivity contribution < 1.29 is 9.53 Å². The predicted molar refractivity (Wildman–Crippen MR) is 129 cm³/mol. The smallest absolute Gasteiger partial charge is 0.224 e. The number of hydrogen-bond acceptors (Lipinski definition) is 8. The number of primary amides is 1. The molecule has 0 saturated carbocycles. The first-order chi connectivity index (χ1) is 16.4. The molecule has 9 nitrogen and oxygen atoms in total. The average molecular weight is 456 g/mol. The minimum atomic E-state index is -1.00. The van der Waals surface area contributed by atoms with Gasteiger partial charge in [-0.15, -0.1) is 0 Å². The van der Waals surface area contributed by atoms with E-state index in [-0.39, 0.29) is 6.04 Å². The van der Waals surface area contributed by atoms with Crippen LogP contribution in [0.25, 0.3) is 11.1 Å². The topological polar surface area (TPSA) is 132 Å². The molecule has 4 N–H and O–H groups in total. The number of amides is 1. The third-order valence-electron chi connectivity index (χ3n) is 6.47. The lowest BCUT2D eigenvalue weighted by molar-refractivity contribution is -0.122. The van der Waals surface area contributed by atoms with Gasteiger partial charge in [-0.3, -0.25) is 14.7 Å². The number of nitrogens with zero attached hydrogens (tertiary/aromatic N) is 5. The fraction of sp³-hybridized carbons (Fsp3) is 0.240. The molecular weight excluding hydrogens is 430 g/mol. The van der Waals surface area contributed by atoms with Crippen molar-refractivity contribution in [3.63, 3.8) is 0 Å². The number of ether oxygens (including phenoxy) is 1. The van der Waals surface area contributed by atoms with Gasteiger partial charge in [0.05, 0.1) is 19.1 Å². The van der Waals surface area contributed by atoms with Crippen LogP contribution in [0.4, 0.5) is 0 Å². The van der Waals surface area contributed by atoms with Crippen LogP contribution in [-0.2, 0) is 10.3 Å². The van der Waals surface area contributed by atoms with Gasteiger partial charge >= 0.3 is 0 Å².